The summed E-state index contributed by atoms with van der Waals surface area (Å²) < 4.78 is 68.6. The van der Waals surface area contributed by atoms with Gasteiger partial charge in [-0.3, -0.25) is 0 Å². The van der Waals surface area contributed by atoms with Gasteiger partial charge in [0.25, 0.3) is 0 Å². The smallest absolute Gasteiger partial charge is 0.383 e. The lowest BCUT2D eigenvalue weighted by Gasteiger charge is -2.61. The molecular weight excluding hydrogens is 375 g/mol. The van der Waals surface area contributed by atoms with E-state index in [9.17, 15) is 27.1 Å². The molecule has 0 aliphatic heterocycles. The van der Waals surface area contributed by atoms with E-state index in [-0.39, 0.29) is 30.1 Å². The molecule has 0 spiro atoms. The highest BCUT2D eigenvalue weighted by Gasteiger charge is 2.79. The molecule has 6 heteroatoms. The van der Waals surface area contributed by atoms with Gasteiger partial charge in [-0.05, 0) is 87.4 Å². The van der Waals surface area contributed by atoms with Crippen molar-refractivity contribution in [1.82, 2.24) is 0 Å². The van der Waals surface area contributed by atoms with Crippen LogP contribution in [-0.2, 0) is 0 Å². The molecule has 0 heterocycles. The van der Waals surface area contributed by atoms with Gasteiger partial charge in [0, 0.05) is 5.41 Å². The molecule has 28 heavy (non-hydrogen) atoms. The van der Waals surface area contributed by atoms with E-state index in [2.05, 4.69) is 19.9 Å². The number of fused-ring (bicyclic) bond motifs is 5. The van der Waals surface area contributed by atoms with E-state index in [4.69, 9.17) is 0 Å². The number of hydrogen-bond acceptors (Lipinski definition) is 1. The zero-order valence-corrected chi connectivity index (χ0v) is 16.9. The van der Waals surface area contributed by atoms with Crippen LogP contribution in [0.5, 0.6) is 0 Å². The van der Waals surface area contributed by atoms with Gasteiger partial charge in [0.05, 0.1) is 0 Å². The molecule has 0 amide bonds. The average molecular weight is 406 g/mol. The van der Waals surface area contributed by atoms with Gasteiger partial charge in [0.15, 0.2) is 0 Å². The fourth-order valence-corrected chi connectivity index (χ4v) is 7.98. The highest BCUT2D eigenvalue weighted by Crippen LogP contribution is 2.71. The molecule has 0 unspecified atom stereocenters. The third kappa shape index (κ3) is 2.39. The first-order valence-corrected chi connectivity index (χ1v) is 10.6. The lowest BCUT2D eigenvalue weighted by atomic mass is 9.44. The summed E-state index contributed by atoms with van der Waals surface area (Å²) in [7, 11) is 0. The van der Waals surface area contributed by atoms with Gasteiger partial charge >= 0.3 is 12.1 Å². The first-order chi connectivity index (χ1) is 12.8. The molecule has 0 aromatic carbocycles. The van der Waals surface area contributed by atoms with Crippen LogP contribution in [0.15, 0.2) is 11.6 Å². The monoisotopic (exact) mass is 406 g/mol. The summed E-state index contributed by atoms with van der Waals surface area (Å²) >= 11 is 0. The number of aliphatic hydroxyl groups is 1. The minimum absolute atomic E-state index is 0.0936. The molecule has 1 nitrogen and oxygen atoms in total. The summed E-state index contributed by atoms with van der Waals surface area (Å²) in [5, 5.41) is 10.9. The second kappa shape index (κ2) is 5.95. The van der Waals surface area contributed by atoms with Crippen LogP contribution < -0.4 is 0 Å². The van der Waals surface area contributed by atoms with E-state index < -0.39 is 29.5 Å². The summed E-state index contributed by atoms with van der Waals surface area (Å²) in [5.41, 5.74) is -2.94. The van der Waals surface area contributed by atoms with Gasteiger partial charge in [0.2, 0.25) is 0 Å². The summed E-state index contributed by atoms with van der Waals surface area (Å²) in [5.74, 6) is -4.31. The second-order valence-electron chi connectivity index (χ2n) is 10.5. The Labute approximate surface area is 163 Å². The number of alkyl halides is 5. The summed E-state index contributed by atoms with van der Waals surface area (Å²) in [4.78, 5) is 0. The zero-order chi connectivity index (χ0) is 20.8. The van der Waals surface area contributed by atoms with Crippen LogP contribution in [0.1, 0.15) is 72.1 Å². The van der Waals surface area contributed by atoms with Crippen LogP contribution in [0.2, 0.25) is 0 Å². The molecule has 4 aliphatic carbocycles. The van der Waals surface area contributed by atoms with Gasteiger partial charge in [-0.1, -0.05) is 25.5 Å². The van der Waals surface area contributed by atoms with E-state index in [1.165, 1.54) is 12.5 Å². The zero-order valence-electron chi connectivity index (χ0n) is 16.9. The lowest BCUT2D eigenvalue weighted by molar-refractivity contribution is -0.364. The van der Waals surface area contributed by atoms with Crippen molar-refractivity contribution in [3.63, 3.8) is 0 Å². The Kier molecular flexibility index (Phi) is 4.38. The number of hydrogen-bond donors (Lipinski definition) is 1. The Morgan fingerprint density at radius 2 is 1.61 bits per heavy atom. The van der Waals surface area contributed by atoms with Gasteiger partial charge in [-0.2, -0.15) is 22.0 Å². The highest BCUT2D eigenvalue weighted by molar-refractivity contribution is 5.21. The summed E-state index contributed by atoms with van der Waals surface area (Å²) in [6.45, 7) is 5.94. The molecule has 0 bridgehead atoms. The number of halogens is 5. The van der Waals surface area contributed by atoms with Gasteiger partial charge in [0.1, 0.15) is 5.60 Å². The van der Waals surface area contributed by atoms with Crippen LogP contribution in [-0.4, -0.2) is 22.8 Å². The molecular formula is C22H31F5O. The topological polar surface area (TPSA) is 20.2 Å². The molecule has 4 rings (SSSR count). The third-order valence-electron chi connectivity index (χ3n) is 9.50. The van der Waals surface area contributed by atoms with Crippen molar-refractivity contribution in [3.8, 4) is 0 Å². The molecule has 0 saturated heterocycles. The molecule has 0 aromatic heterocycles. The third-order valence-corrected chi connectivity index (χ3v) is 9.50. The van der Waals surface area contributed by atoms with Gasteiger partial charge in [-0.25, -0.2) is 0 Å². The van der Waals surface area contributed by atoms with Crippen LogP contribution in [0, 0.1) is 34.5 Å². The van der Waals surface area contributed by atoms with Crippen LogP contribution in [0.4, 0.5) is 22.0 Å². The predicted molar refractivity (Wildman–Crippen MR) is 96.8 cm³/mol. The molecule has 4 aliphatic rings. The van der Waals surface area contributed by atoms with Crippen molar-refractivity contribution in [1.29, 1.82) is 0 Å². The minimum atomic E-state index is -5.73. The normalized spacial score (nSPS) is 49.1. The van der Waals surface area contributed by atoms with Crippen molar-refractivity contribution in [2.75, 3.05) is 0 Å². The number of rotatable bonds is 1. The Hall–Kier alpha value is -0.650. The largest absolute Gasteiger partial charge is 0.456 e. The molecule has 1 N–H and O–H groups in total. The second-order valence-corrected chi connectivity index (χ2v) is 10.5. The maximum absolute atomic E-state index is 14.5. The van der Waals surface area contributed by atoms with Crippen molar-refractivity contribution >= 4 is 0 Å². The fraction of sp³-hybridized carbons (Fsp3) is 0.909. The molecule has 0 radical (unpaired) electrons. The van der Waals surface area contributed by atoms with E-state index in [1.54, 1.807) is 0 Å². The maximum atomic E-state index is 14.5. The molecule has 3 saturated carbocycles. The summed E-state index contributed by atoms with van der Waals surface area (Å²) in [6, 6.07) is 0. The predicted octanol–water partition coefficient (Wildman–Crippen LogP) is 6.51. The SMILES string of the molecule is CC1=CC[C@@H]2CC[C@@H]3[C@H](CC[C@@]4(C)[C@H]3CC[C@@]4(O)C(F)(F)C(F)(F)F)[C@@]2(C)C1. The van der Waals surface area contributed by atoms with E-state index in [1.807, 2.05) is 0 Å². The molecule has 3 fully saturated rings. The van der Waals surface area contributed by atoms with Crippen LogP contribution >= 0.6 is 0 Å². The quantitative estimate of drug-likeness (QED) is 0.389. The lowest BCUT2D eigenvalue weighted by Crippen LogP contribution is -2.65. The number of allylic oxidation sites excluding steroid dienone is 2. The van der Waals surface area contributed by atoms with E-state index in [0.29, 0.717) is 18.3 Å². The first-order valence-electron chi connectivity index (χ1n) is 10.6. The van der Waals surface area contributed by atoms with Gasteiger partial charge < -0.3 is 5.11 Å². The Morgan fingerprint density at radius 1 is 0.964 bits per heavy atom. The molecule has 0 aromatic rings. The standard InChI is InChI=1S/C22H31F5O/c1-13-4-5-14-6-7-15-16(18(14,2)12-13)8-10-19(3)17(15)9-11-20(19,28)21(23,24)22(25,26)27/h4,14-17,28H,5-12H2,1-3H3/t14-,15-,16+,17+,18+,19+,20+/m1/s1. The minimum Gasteiger partial charge on any atom is -0.383 e. The van der Waals surface area contributed by atoms with Crippen molar-refractivity contribution in [2.45, 2.75) is 89.8 Å². The van der Waals surface area contributed by atoms with Crippen molar-refractivity contribution in [3.05, 3.63) is 11.6 Å². The maximum Gasteiger partial charge on any atom is 0.456 e. The molecule has 7 atom stereocenters. The fourth-order valence-electron chi connectivity index (χ4n) is 7.98. The molecule has 160 valence electrons. The Bertz CT molecular complexity index is 685. The average Bonchev–Trinajstić information content (AvgIpc) is 2.86. The van der Waals surface area contributed by atoms with Crippen LogP contribution in [0.3, 0.4) is 0 Å². The van der Waals surface area contributed by atoms with Crippen molar-refractivity contribution < 1.29 is 27.1 Å². The summed E-state index contributed by atoms with van der Waals surface area (Å²) in [6.07, 6.45) is 1.16. The highest BCUT2D eigenvalue weighted by atomic mass is 19.4. The van der Waals surface area contributed by atoms with Crippen molar-refractivity contribution in [2.24, 2.45) is 34.5 Å². The van der Waals surface area contributed by atoms with Crippen LogP contribution in [0.25, 0.3) is 0 Å². The van der Waals surface area contributed by atoms with E-state index >= 15 is 0 Å². The Balaban J connectivity index is 1.69. The van der Waals surface area contributed by atoms with Gasteiger partial charge in [-0.15, -0.1) is 0 Å². The van der Waals surface area contributed by atoms with E-state index in [0.717, 1.165) is 25.7 Å². The first kappa shape index (κ1) is 20.6. The Morgan fingerprint density at radius 3 is 2.25 bits per heavy atom.